The highest BCUT2D eigenvalue weighted by atomic mass is 127. The van der Waals surface area contributed by atoms with Crippen LogP contribution >= 0.6 is 22.6 Å². The standard InChI is InChI=1S/C20H26INO2/c1-22(2)18-9-13-20(14-10-18)24-16-6-4-3-5-15-23-19-11-7-17(21)8-12-19/h7-14H,3-6,15-16H2,1-2H3. The first-order valence-corrected chi connectivity index (χ1v) is 9.51. The molecule has 0 radical (unpaired) electrons. The largest absolute Gasteiger partial charge is 0.494 e. The fourth-order valence-corrected chi connectivity index (χ4v) is 2.67. The average Bonchev–Trinajstić information content (AvgIpc) is 2.59. The van der Waals surface area contributed by atoms with E-state index < -0.39 is 0 Å². The van der Waals surface area contributed by atoms with Crippen LogP contribution < -0.4 is 14.4 Å². The molecule has 0 spiro atoms. The Morgan fingerprint density at radius 3 is 1.62 bits per heavy atom. The van der Waals surface area contributed by atoms with Gasteiger partial charge in [-0.3, -0.25) is 0 Å². The first-order chi connectivity index (χ1) is 11.6. The van der Waals surface area contributed by atoms with Gasteiger partial charge in [0.25, 0.3) is 0 Å². The number of rotatable bonds is 10. The lowest BCUT2D eigenvalue weighted by Crippen LogP contribution is -2.08. The van der Waals surface area contributed by atoms with Crippen LogP contribution in [0.2, 0.25) is 0 Å². The van der Waals surface area contributed by atoms with Gasteiger partial charge in [0.05, 0.1) is 13.2 Å². The molecule has 0 heterocycles. The first-order valence-electron chi connectivity index (χ1n) is 8.44. The Balaban J connectivity index is 1.50. The van der Waals surface area contributed by atoms with Gasteiger partial charge < -0.3 is 14.4 Å². The SMILES string of the molecule is CN(C)c1ccc(OCCCCCCOc2ccc(I)cc2)cc1. The third-order valence-corrected chi connectivity index (χ3v) is 4.46. The highest BCUT2D eigenvalue weighted by Gasteiger charge is 1.98. The van der Waals surface area contributed by atoms with Crippen LogP contribution in [0.1, 0.15) is 25.7 Å². The first kappa shape index (κ1) is 18.9. The second-order valence-electron chi connectivity index (χ2n) is 5.95. The number of hydrogen-bond donors (Lipinski definition) is 0. The predicted molar refractivity (Wildman–Crippen MR) is 109 cm³/mol. The molecule has 4 heteroatoms. The summed E-state index contributed by atoms with van der Waals surface area (Å²) >= 11 is 2.30. The van der Waals surface area contributed by atoms with Crippen molar-refractivity contribution in [2.75, 3.05) is 32.2 Å². The number of benzene rings is 2. The third kappa shape index (κ3) is 6.99. The molecule has 0 aliphatic rings. The van der Waals surface area contributed by atoms with E-state index in [0.717, 1.165) is 37.6 Å². The monoisotopic (exact) mass is 439 g/mol. The number of nitrogens with zero attached hydrogens (tertiary/aromatic N) is 1. The minimum atomic E-state index is 0.777. The Kier molecular flexibility index (Phi) is 8.22. The lowest BCUT2D eigenvalue weighted by atomic mass is 10.2. The summed E-state index contributed by atoms with van der Waals surface area (Å²) in [6.45, 7) is 1.56. The van der Waals surface area contributed by atoms with Crippen LogP contribution in [-0.4, -0.2) is 27.3 Å². The van der Waals surface area contributed by atoms with Gasteiger partial charge >= 0.3 is 0 Å². The van der Waals surface area contributed by atoms with E-state index in [-0.39, 0.29) is 0 Å². The van der Waals surface area contributed by atoms with Crippen LogP contribution in [0.15, 0.2) is 48.5 Å². The molecule has 2 rings (SSSR count). The molecule has 0 saturated heterocycles. The van der Waals surface area contributed by atoms with E-state index in [9.17, 15) is 0 Å². The molecule has 0 aliphatic heterocycles. The minimum Gasteiger partial charge on any atom is -0.494 e. The van der Waals surface area contributed by atoms with Crippen LogP contribution in [-0.2, 0) is 0 Å². The molecule has 3 nitrogen and oxygen atoms in total. The van der Waals surface area contributed by atoms with E-state index in [4.69, 9.17) is 9.47 Å². The predicted octanol–water partition coefficient (Wildman–Crippen LogP) is 5.38. The number of halogens is 1. The van der Waals surface area contributed by atoms with Crippen molar-refractivity contribution in [3.05, 3.63) is 52.1 Å². The summed E-state index contributed by atoms with van der Waals surface area (Å²) in [7, 11) is 4.08. The molecule has 0 N–H and O–H groups in total. The zero-order valence-corrected chi connectivity index (χ0v) is 16.7. The van der Waals surface area contributed by atoms with Crippen molar-refractivity contribution in [3.63, 3.8) is 0 Å². The number of unbranched alkanes of at least 4 members (excludes halogenated alkanes) is 3. The molecule has 0 unspecified atom stereocenters. The van der Waals surface area contributed by atoms with Crippen molar-refractivity contribution < 1.29 is 9.47 Å². The average molecular weight is 439 g/mol. The van der Waals surface area contributed by atoms with E-state index in [1.54, 1.807) is 0 Å². The fourth-order valence-electron chi connectivity index (χ4n) is 2.31. The molecule has 130 valence electrons. The quantitative estimate of drug-likeness (QED) is 0.367. The molecule has 2 aromatic rings. The van der Waals surface area contributed by atoms with Crippen LogP contribution in [0.4, 0.5) is 5.69 Å². The van der Waals surface area contributed by atoms with Crippen LogP contribution in [0, 0.1) is 3.57 Å². The van der Waals surface area contributed by atoms with Gasteiger partial charge in [0.15, 0.2) is 0 Å². The van der Waals surface area contributed by atoms with E-state index >= 15 is 0 Å². The van der Waals surface area contributed by atoms with E-state index in [2.05, 4.69) is 51.8 Å². The molecule has 0 atom stereocenters. The van der Waals surface area contributed by atoms with Crippen molar-refractivity contribution in [2.24, 2.45) is 0 Å². The number of anilines is 1. The highest BCUT2D eigenvalue weighted by Crippen LogP contribution is 2.18. The smallest absolute Gasteiger partial charge is 0.119 e. The van der Waals surface area contributed by atoms with Crippen molar-refractivity contribution in [3.8, 4) is 11.5 Å². The van der Waals surface area contributed by atoms with E-state index in [0.29, 0.717) is 0 Å². The normalized spacial score (nSPS) is 10.5. The van der Waals surface area contributed by atoms with Gasteiger partial charge in [0.1, 0.15) is 11.5 Å². The maximum absolute atomic E-state index is 5.78. The fraction of sp³-hybridized carbons (Fsp3) is 0.400. The molecular formula is C20H26INO2. The molecule has 0 saturated carbocycles. The molecule has 0 amide bonds. The Morgan fingerprint density at radius 2 is 1.17 bits per heavy atom. The number of ether oxygens (including phenoxy) is 2. The topological polar surface area (TPSA) is 21.7 Å². The zero-order valence-electron chi connectivity index (χ0n) is 14.5. The van der Waals surface area contributed by atoms with Gasteiger partial charge in [-0.05, 0) is 96.8 Å². The van der Waals surface area contributed by atoms with Gasteiger partial charge in [-0.1, -0.05) is 0 Å². The second-order valence-corrected chi connectivity index (χ2v) is 7.20. The summed E-state index contributed by atoms with van der Waals surface area (Å²) in [6, 6.07) is 16.4. The lowest BCUT2D eigenvalue weighted by Gasteiger charge is -2.13. The van der Waals surface area contributed by atoms with Crippen molar-refractivity contribution in [1.29, 1.82) is 0 Å². The molecule has 24 heavy (non-hydrogen) atoms. The summed E-state index contributed by atoms with van der Waals surface area (Å²) < 4.78 is 12.7. The van der Waals surface area contributed by atoms with Crippen molar-refractivity contribution >= 4 is 28.3 Å². The van der Waals surface area contributed by atoms with Gasteiger partial charge in [-0.25, -0.2) is 0 Å². The Hall–Kier alpha value is -1.43. The van der Waals surface area contributed by atoms with E-state index in [1.807, 2.05) is 38.4 Å². The van der Waals surface area contributed by atoms with Crippen molar-refractivity contribution in [1.82, 2.24) is 0 Å². The summed E-state index contributed by atoms with van der Waals surface area (Å²) in [5.41, 5.74) is 1.19. The van der Waals surface area contributed by atoms with E-state index in [1.165, 1.54) is 22.1 Å². The highest BCUT2D eigenvalue weighted by molar-refractivity contribution is 14.1. The summed E-state index contributed by atoms with van der Waals surface area (Å²) in [4.78, 5) is 2.09. The Labute approximate surface area is 159 Å². The molecule has 0 aromatic heterocycles. The summed E-state index contributed by atoms with van der Waals surface area (Å²) in [6.07, 6.45) is 4.52. The Bertz CT molecular complexity index is 582. The van der Waals surface area contributed by atoms with Gasteiger partial charge in [0.2, 0.25) is 0 Å². The molecular weight excluding hydrogens is 413 g/mol. The molecule has 0 aliphatic carbocycles. The van der Waals surface area contributed by atoms with Crippen LogP contribution in [0.5, 0.6) is 11.5 Å². The maximum Gasteiger partial charge on any atom is 0.119 e. The van der Waals surface area contributed by atoms with Gasteiger partial charge in [-0.15, -0.1) is 0 Å². The molecule has 0 fully saturated rings. The Morgan fingerprint density at radius 1 is 0.708 bits per heavy atom. The van der Waals surface area contributed by atoms with Crippen LogP contribution in [0.25, 0.3) is 0 Å². The second kappa shape index (κ2) is 10.4. The van der Waals surface area contributed by atoms with Gasteiger partial charge in [-0.2, -0.15) is 0 Å². The van der Waals surface area contributed by atoms with Crippen LogP contribution in [0.3, 0.4) is 0 Å². The number of hydrogen-bond acceptors (Lipinski definition) is 3. The van der Waals surface area contributed by atoms with Crippen molar-refractivity contribution in [2.45, 2.75) is 25.7 Å². The zero-order chi connectivity index (χ0) is 17.2. The lowest BCUT2D eigenvalue weighted by molar-refractivity contribution is 0.287. The summed E-state index contributed by atoms with van der Waals surface area (Å²) in [5, 5.41) is 0. The minimum absolute atomic E-state index is 0.777. The molecule has 0 bridgehead atoms. The summed E-state index contributed by atoms with van der Waals surface area (Å²) in [5.74, 6) is 1.91. The van der Waals surface area contributed by atoms with Gasteiger partial charge in [0, 0.05) is 23.4 Å². The molecule has 2 aromatic carbocycles. The third-order valence-electron chi connectivity index (χ3n) is 3.74. The maximum atomic E-state index is 5.78.